The Morgan fingerprint density at radius 2 is 1.71 bits per heavy atom. The van der Waals surface area contributed by atoms with E-state index in [-0.39, 0.29) is 24.5 Å². The molecule has 2 aliphatic rings. The lowest BCUT2D eigenvalue weighted by Gasteiger charge is -2.32. The van der Waals surface area contributed by atoms with E-state index in [1.807, 2.05) is 18.2 Å². The first-order valence-corrected chi connectivity index (χ1v) is 20.8. The van der Waals surface area contributed by atoms with Crippen LogP contribution in [-0.4, -0.2) is 86.7 Å². The van der Waals surface area contributed by atoms with Gasteiger partial charge in [0.25, 0.3) is 0 Å². The van der Waals surface area contributed by atoms with Gasteiger partial charge in [-0.1, -0.05) is 47.1 Å². The average molecular weight is 818 g/mol. The SMILES string of the molecule is CC(=O)NC1CCN(CCCOc2cccc(-c3cccc(COc4cc(OCc5cncc(C#N)c5)c(CN5CCCC(c6nn[nH]n6)C5)cc4Cl)c3C)c2C)CC1. The summed E-state index contributed by atoms with van der Waals surface area (Å²) in [7, 11) is 0. The first-order valence-electron chi connectivity index (χ1n) is 20.4. The Kier molecular flexibility index (Phi) is 14.1. The minimum atomic E-state index is 0.0495. The smallest absolute Gasteiger partial charge is 0.217 e. The van der Waals surface area contributed by atoms with Crippen LogP contribution in [-0.2, 0) is 24.6 Å². The Morgan fingerprint density at radius 3 is 2.49 bits per heavy atom. The normalized spacial score (nSPS) is 16.4. The molecule has 2 aromatic heterocycles. The zero-order valence-electron chi connectivity index (χ0n) is 34.0. The van der Waals surface area contributed by atoms with E-state index in [1.165, 1.54) is 6.20 Å². The average Bonchev–Trinajstić information content (AvgIpc) is 3.79. The third-order valence-corrected chi connectivity index (χ3v) is 11.6. The van der Waals surface area contributed by atoms with Crippen LogP contribution < -0.4 is 19.5 Å². The number of nitrogens with zero attached hydrogens (tertiary/aromatic N) is 7. The standard InChI is InChI=1S/C45H52ClN9O4/c1-30-36(8-4-10-39(30)40-11-5-12-42(31(40)2)57-19-7-16-54-17-13-38(14-18-54)49-32(3)56)29-59-44-22-43(58-28-34-20-33(23-47)24-48-25-34)37(21-41(44)46)27-55-15-6-9-35(26-55)45-50-52-53-51-45/h4-5,8,10-12,20-22,24-25,35,38H,6-7,9,13-19,26-29H2,1-3H3,(H,49,56)(H,50,51,52,53). The van der Waals surface area contributed by atoms with Crippen molar-refractivity contribution < 1.29 is 19.0 Å². The van der Waals surface area contributed by atoms with E-state index in [9.17, 15) is 10.1 Å². The number of likely N-dealkylation sites (tertiary alicyclic amines) is 2. The number of nitrogens with one attached hydrogen (secondary N) is 2. The Balaban J connectivity index is 1.02. The van der Waals surface area contributed by atoms with E-state index in [1.54, 1.807) is 19.2 Å². The number of halogens is 1. The molecule has 7 rings (SSSR count). The van der Waals surface area contributed by atoms with Crippen molar-refractivity contribution in [1.82, 2.24) is 40.7 Å². The van der Waals surface area contributed by atoms with Gasteiger partial charge in [-0.25, -0.2) is 0 Å². The van der Waals surface area contributed by atoms with Gasteiger partial charge in [0.15, 0.2) is 5.82 Å². The summed E-state index contributed by atoms with van der Waals surface area (Å²) in [5.41, 5.74) is 7.69. The van der Waals surface area contributed by atoms with Crippen LogP contribution in [0.1, 0.15) is 84.2 Å². The van der Waals surface area contributed by atoms with Gasteiger partial charge in [0.1, 0.15) is 36.5 Å². The molecule has 1 amide bonds. The number of pyridine rings is 1. The summed E-state index contributed by atoms with van der Waals surface area (Å²) in [6, 6.07) is 20.5. The molecule has 59 heavy (non-hydrogen) atoms. The predicted molar refractivity (Wildman–Crippen MR) is 225 cm³/mol. The number of ether oxygens (including phenoxy) is 3. The molecule has 0 radical (unpaired) electrons. The molecular weight excluding hydrogens is 766 g/mol. The molecule has 0 spiro atoms. The predicted octanol–water partition coefficient (Wildman–Crippen LogP) is 7.31. The second kappa shape index (κ2) is 19.9. The number of nitriles is 1. The van der Waals surface area contributed by atoms with E-state index < -0.39 is 0 Å². The van der Waals surface area contributed by atoms with Crippen molar-refractivity contribution in [2.24, 2.45) is 0 Å². The second-order valence-corrected chi connectivity index (χ2v) is 15.9. The lowest BCUT2D eigenvalue weighted by atomic mass is 9.93. The van der Waals surface area contributed by atoms with E-state index in [0.29, 0.717) is 41.8 Å². The van der Waals surface area contributed by atoms with Crippen molar-refractivity contribution in [3.63, 3.8) is 0 Å². The lowest BCUT2D eigenvalue weighted by molar-refractivity contribution is -0.119. The van der Waals surface area contributed by atoms with Crippen LogP contribution in [0.25, 0.3) is 11.1 Å². The van der Waals surface area contributed by atoms with Gasteiger partial charge in [0, 0.05) is 81.2 Å². The number of amides is 1. The van der Waals surface area contributed by atoms with Gasteiger partial charge in [-0.15, -0.1) is 10.2 Å². The number of benzene rings is 3. The molecule has 3 aromatic carbocycles. The Bertz CT molecular complexity index is 2240. The van der Waals surface area contributed by atoms with Gasteiger partial charge < -0.3 is 24.4 Å². The molecule has 2 fully saturated rings. The van der Waals surface area contributed by atoms with Gasteiger partial charge in [0.05, 0.1) is 17.2 Å². The van der Waals surface area contributed by atoms with Crippen LogP contribution in [0.15, 0.2) is 67.0 Å². The Morgan fingerprint density at radius 1 is 0.915 bits per heavy atom. The lowest BCUT2D eigenvalue weighted by Crippen LogP contribution is -2.44. The number of carbonyl (C=O) groups is 1. The Labute approximate surface area is 351 Å². The largest absolute Gasteiger partial charge is 0.493 e. The number of tetrazole rings is 1. The molecule has 1 atom stereocenters. The van der Waals surface area contributed by atoms with E-state index >= 15 is 0 Å². The summed E-state index contributed by atoms with van der Waals surface area (Å²) >= 11 is 6.97. The molecule has 2 N–H and O–H groups in total. The molecular formula is C45H52ClN9O4. The fraction of sp³-hybridized carbons (Fsp3) is 0.422. The molecule has 0 saturated carbocycles. The molecule has 2 aliphatic heterocycles. The number of aromatic nitrogens is 5. The van der Waals surface area contributed by atoms with E-state index in [0.717, 1.165) is 115 Å². The number of carbonyl (C=O) groups excluding carboxylic acids is 1. The van der Waals surface area contributed by atoms with Crippen LogP contribution in [0, 0.1) is 25.2 Å². The van der Waals surface area contributed by atoms with E-state index in [2.05, 4.69) is 91.0 Å². The van der Waals surface area contributed by atoms with Crippen molar-refractivity contribution >= 4 is 17.5 Å². The fourth-order valence-electron chi connectivity index (χ4n) is 8.13. The number of rotatable bonds is 16. The molecule has 2 saturated heterocycles. The van der Waals surface area contributed by atoms with Crippen LogP contribution in [0.2, 0.25) is 5.02 Å². The molecule has 13 nitrogen and oxygen atoms in total. The molecule has 4 heterocycles. The number of aromatic amines is 1. The maximum Gasteiger partial charge on any atom is 0.217 e. The van der Waals surface area contributed by atoms with Crippen LogP contribution in [0.5, 0.6) is 17.2 Å². The summed E-state index contributed by atoms with van der Waals surface area (Å²) in [5.74, 6) is 3.02. The molecule has 0 aliphatic carbocycles. The summed E-state index contributed by atoms with van der Waals surface area (Å²) in [6.45, 7) is 12.3. The minimum absolute atomic E-state index is 0.0495. The quantitative estimate of drug-likeness (QED) is 0.0964. The highest BCUT2D eigenvalue weighted by atomic mass is 35.5. The monoisotopic (exact) mass is 817 g/mol. The second-order valence-electron chi connectivity index (χ2n) is 15.5. The van der Waals surface area contributed by atoms with Crippen molar-refractivity contribution in [3.8, 4) is 34.4 Å². The van der Waals surface area contributed by atoms with Crippen molar-refractivity contribution in [3.05, 3.63) is 111 Å². The zero-order chi connectivity index (χ0) is 41.1. The summed E-state index contributed by atoms with van der Waals surface area (Å²) in [6.07, 6.45) is 8.16. The van der Waals surface area contributed by atoms with Crippen LogP contribution >= 0.6 is 11.6 Å². The summed E-state index contributed by atoms with van der Waals surface area (Å²) in [4.78, 5) is 20.4. The van der Waals surface area contributed by atoms with Gasteiger partial charge in [0.2, 0.25) is 5.91 Å². The number of piperidine rings is 2. The van der Waals surface area contributed by atoms with Gasteiger partial charge >= 0.3 is 0 Å². The molecule has 308 valence electrons. The number of hydrogen-bond acceptors (Lipinski definition) is 11. The number of H-pyrrole nitrogens is 1. The van der Waals surface area contributed by atoms with Gasteiger partial charge in [-0.2, -0.15) is 10.5 Å². The highest BCUT2D eigenvalue weighted by Gasteiger charge is 2.26. The maximum atomic E-state index is 11.4. The van der Waals surface area contributed by atoms with Crippen molar-refractivity contribution in [2.75, 3.05) is 39.3 Å². The molecule has 5 aromatic rings. The molecule has 1 unspecified atom stereocenters. The third-order valence-electron chi connectivity index (χ3n) is 11.3. The third kappa shape index (κ3) is 10.9. The minimum Gasteiger partial charge on any atom is -0.493 e. The number of hydrogen-bond donors (Lipinski definition) is 2. The topological polar surface area (TPSA) is 154 Å². The first kappa shape index (κ1) is 41.6. The molecule has 0 bridgehead atoms. The maximum absolute atomic E-state index is 11.4. The zero-order valence-corrected chi connectivity index (χ0v) is 34.8. The highest BCUT2D eigenvalue weighted by Crippen LogP contribution is 2.37. The fourth-order valence-corrected chi connectivity index (χ4v) is 8.38. The van der Waals surface area contributed by atoms with Gasteiger partial charge in [-0.05, 0) is 98.5 Å². The highest BCUT2D eigenvalue weighted by molar-refractivity contribution is 6.32. The Hall–Kier alpha value is -5.55. The van der Waals surface area contributed by atoms with E-state index in [4.69, 9.17) is 25.8 Å². The summed E-state index contributed by atoms with van der Waals surface area (Å²) < 4.78 is 19.2. The summed E-state index contributed by atoms with van der Waals surface area (Å²) in [5, 5.41) is 27.8. The molecule has 14 heteroatoms. The van der Waals surface area contributed by atoms with Crippen LogP contribution in [0.4, 0.5) is 0 Å². The van der Waals surface area contributed by atoms with Crippen molar-refractivity contribution in [2.45, 2.75) is 84.6 Å². The first-order chi connectivity index (χ1) is 28.7. The van der Waals surface area contributed by atoms with Crippen LogP contribution in [0.3, 0.4) is 0 Å². The van der Waals surface area contributed by atoms with Crippen molar-refractivity contribution in [1.29, 1.82) is 5.26 Å². The van der Waals surface area contributed by atoms with Gasteiger partial charge in [-0.3, -0.25) is 14.7 Å².